The molecule has 0 aliphatic rings. The van der Waals surface area contributed by atoms with Gasteiger partial charge >= 0.3 is 5.97 Å². The molecule has 20 heavy (non-hydrogen) atoms. The van der Waals surface area contributed by atoms with Gasteiger partial charge in [0.2, 0.25) is 5.91 Å². The number of benzene rings is 1. The van der Waals surface area contributed by atoms with Crippen molar-refractivity contribution in [3.8, 4) is 0 Å². The lowest BCUT2D eigenvalue weighted by atomic mass is 10.3. The first kappa shape index (κ1) is 14.4. The highest BCUT2D eigenvalue weighted by molar-refractivity contribution is 6.43. The van der Waals surface area contributed by atoms with E-state index >= 15 is 0 Å². The molecule has 0 atom stereocenters. The molecule has 2 N–H and O–H groups in total. The van der Waals surface area contributed by atoms with Crippen LogP contribution in [-0.2, 0) is 11.3 Å². The Morgan fingerprint density at radius 3 is 2.75 bits per heavy atom. The molecule has 0 aliphatic carbocycles. The number of aromatic nitrogens is 2. The molecule has 0 bridgehead atoms. The summed E-state index contributed by atoms with van der Waals surface area (Å²) in [5.41, 5.74) is 0.283. The molecule has 0 unspecified atom stereocenters. The summed E-state index contributed by atoms with van der Waals surface area (Å²) in [7, 11) is 0. The molecular weight excluding hydrogens is 305 g/mol. The van der Waals surface area contributed by atoms with Crippen molar-refractivity contribution in [3.05, 3.63) is 46.2 Å². The van der Waals surface area contributed by atoms with Gasteiger partial charge in [-0.05, 0) is 18.2 Å². The quantitative estimate of drug-likeness (QED) is 0.908. The zero-order valence-corrected chi connectivity index (χ0v) is 11.5. The first-order valence-corrected chi connectivity index (χ1v) is 6.23. The van der Waals surface area contributed by atoms with Crippen LogP contribution in [0, 0.1) is 0 Å². The van der Waals surface area contributed by atoms with Gasteiger partial charge in [-0.1, -0.05) is 29.3 Å². The van der Waals surface area contributed by atoms with E-state index in [1.54, 1.807) is 18.2 Å². The first-order valence-electron chi connectivity index (χ1n) is 5.48. The van der Waals surface area contributed by atoms with Gasteiger partial charge in [0.05, 0.1) is 15.7 Å². The van der Waals surface area contributed by atoms with Crippen LogP contribution in [0.4, 0.5) is 5.69 Å². The van der Waals surface area contributed by atoms with Gasteiger partial charge in [0.1, 0.15) is 12.2 Å². The Morgan fingerprint density at radius 1 is 1.30 bits per heavy atom. The Hall–Kier alpha value is -2.05. The summed E-state index contributed by atoms with van der Waals surface area (Å²) in [5, 5.41) is 15.8. The minimum Gasteiger partial charge on any atom is -0.477 e. The second kappa shape index (κ2) is 5.94. The van der Waals surface area contributed by atoms with Gasteiger partial charge < -0.3 is 10.4 Å². The number of carboxylic acids is 1. The lowest BCUT2D eigenvalue weighted by molar-refractivity contribution is -0.116. The Bertz CT molecular complexity index is 670. The van der Waals surface area contributed by atoms with Crippen molar-refractivity contribution in [2.24, 2.45) is 0 Å². The largest absolute Gasteiger partial charge is 0.477 e. The number of hydrogen-bond acceptors (Lipinski definition) is 3. The first-order chi connectivity index (χ1) is 9.49. The molecule has 1 amide bonds. The summed E-state index contributed by atoms with van der Waals surface area (Å²) in [4.78, 5) is 22.7. The number of amides is 1. The number of anilines is 1. The zero-order valence-electron chi connectivity index (χ0n) is 10.0. The molecule has 6 nitrogen and oxygen atoms in total. The van der Waals surface area contributed by atoms with Crippen molar-refractivity contribution in [2.45, 2.75) is 6.54 Å². The van der Waals surface area contributed by atoms with Crippen LogP contribution in [0.25, 0.3) is 0 Å². The molecular formula is C12H9Cl2N3O3. The van der Waals surface area contributed by atoms with E-state index in [-0.39, 0.29) is 17.3 Å². The van der Waals surface area contributed by atoms with Crippen molar-refractivity contribution >= 4 is 40.8 Å². The predicted molar refractivity (Wildman–Crippen MR) is 74.3 cm³/mol. The molecule has 2 rings (SSSR count). The van der Waals surface area contributed by atoms with Gasteiger partial charge in [-0.3, -0.25) is 4.79 Å². The van der Waals surface area contributed by atoms with Gasteiger partial charge in [-0.25, -0.2) is 9.48 Å². The van der Waals surface area contributed by atoms with Crippen LogP contribution in [0.1, 0.15) is 10.5 Å². The number of carbonyl (C=O) groups excluding carboxylic acids is 1. The van der Waals surface area contributed by atoms with Crippen LogP contribution in [-0.4, -0.2) is 26.8 Å². The maximum Gasteiger partial charge on any atom is 0.354 e. The van der Waals surface area contributed by atoms with Crippen molar-refractivity contribution in [1.29, 1.82) is 0 Å². The second-order valence-electron chi connectivity index (χ2n) is 3.83. The highest BCUT2D eigenvalue weighted by atomic mass is 35.5. The number of nitrogens with one attached hydrogen (secondary N) is 1. The SMILES string of the molecule is O=C(Cn1nccc1C(=O)O)Nc1cccc(Cl)c1Cl. The van der Waals surface area contributed by atoms with Gasteiger partial charge in [-0.15, -0.1) is 0 Å². The molecule has 8 heteroatoms. The molecule has 0 aliphatic heterocycles. The monoisotopic (exact) mass is 313 g/mol. The summed E-state index contributed by atoms with van der Waals surface area (Å²) in [6, 6.07) is 6.13. The van der Waals surface area contributed by atoms with Crippen molar-refractivity contribution in [3.63, 3.8) is 0 Å². The fraction of sp³-hybridized carbons (Fsp3) is 0.0833. The number of carbonyl (C=O) groups is 2. The van der Waals surface area contributed by atoms with E-state index < -0.39 is 11.9 Å². The smallest absolute Gasteiger partial charge is 0.354 e. The maximum atomic E-state index is 11.9. The van der Waals surface area contributed by atoms with E-state index in [0.717, 1.165) is 4.68 Å². The summed E-state index contributed by atoms with van der Waals surface area (Å²) < 4.78 is 1.08. The molecule has 1 heterocycles. The summed E-state index contributed by atoms with van der Waals surface area (Å²) >= 11 is 11.8. The Labute approximate surface area is 123 Å². The minimum absolute atomic E-state index is 0.0719. The maximum absolute atomic E-state index is 11.9. The topological polar surface area (TPSA) is 84.2 Å². The molecule has 2 aromatic rings. The number of carboxylic acid groups (broad SMARTS) is 1. The highest BCUT2D eigenvalue weighted by Crippen LogP contribution is 2.29. The number of halogens is 2. The molecule has 104 valence electrons. The number of hydrogen-bond donors (Lipinski definition) is 2. The number of rotatable bonds is 4. The standard InChI is InChI=1S/C12H9Cl2N3O3/c13-7-2-1-3-8(11(7)14)16-10(18)6-17-9(12(19)20)4-5-15-17/h1-5H,6H2,(H,16,18)(H,19,20). The zero-order chi connectivity index (χ0) is 14.7. The van der Waals surface area contributed by atoms with Crippen molar-refractivity contribution in [1.82, 2.24) is 9.78 Å². The summed E-state index contributed by atoms with van der Waals surface area (Å²) in [6.07, 6.45) is 1.31. The van der Waals surface area contributed by atoms with Crippen LogP contribution in [0.5, 0.6) is 0 Å². The third-order valence-electron chi connectivity index (χ3n) is 2.45. The average Bonchev–Trinajstić information content (AvgIpc) is 2.83. The molecule has 0 fully saturated rings. The lowest BCUT2D eigenvalue weighted by Gasteiger charge is -2.09. The normalized spacial score (nSPS) is 10.3. The predicted octanol–water partition coefficient (Wildman–Crippen LogP) is 2.53. The van der Waals surface area contributed by atoms with Crippen LogP contribution < -0.4 is 5.32 Å². The van der Waals surface area contributed by atoms with Crippen molar-refractivity contribution < 1.29 is 14.7 Å². The van der Waals surface area contributed by atoms with Gasteiger partial charge in [-0.2, -0.15) is 5.10 Å². The fourth-order valence-corrected chi connectivity index (χ4v) is 1.91. The van der Waals surface area contributed by atoms with Crippen molar-refractivity contribution in [2.75, 3.05) is 5.32 Å². The van der Waals surface area contributed by atoms with Crippen LogP contribution in [0.3, 0.4) is 0 Å². The fourth-order valence-electron chi connectivity index (χ4n) is 1.57. The van der Waals surface area contributed by atoms with E-state index in [2.05, 4.69) is 10.4 Å². The molecule has 0 radical (unpaired) electrons. The van der Waals surface area contributed by atoms with Crippen LogP contribution in [0.15, 0.2) is 30.5 Å². The Kier molecular flexibility index (Phi) is 4.26. The Morgan fingerprint density at radius 2 is 2.05 bits per heavy atom. The van der Waals surface area contributed by atoms with Crippen LogP contribution in [0.2, 0.25) is 10.0 Å². The molecule has 0 spiro atoms. The van der Waals surface area contributed by atoms with E-state index in [4.69, 9.17) is 28.3 Å². The Balaban J connectivity index is 2.11. The molecule has 1 aromatic carbocycles. The minimum atomic E-state index is -1.16. The molecule has 1 aromatic heterocycles. The third kappa shape index (κ3) is 3.09. The highest BCUT2D eigenvalue weighted by Gasteiger charge is 2.14. The van der Waals surface area contributed by atoms with Gasteiger partial charge in [0.25, 0.3) is 0 Å². The second-order valence-corrected chi connectivity index (χ2v) is 4.61. The molecule has 0 saturated heterocycles. The third-order valence-corrected chi connectivity index (χ3v) is 3.27. The van der Waals surface area contributed by atoms with E-state index in [1.165, 1.54) is 12.3 Å². The van der Waals surface area contributed by atoms with E-state index in [9.17, 15) is 9.59 Å². The number of aromatic carboxylic acids is 1. The molecule has 0 saturated carbocycles. The van der Waals surface area contributed by atoms with E-state index in [1.807, 2.05) is 0 Å². The summed E-state index contributed by atoms with van der Waals surface area (Å²) in [6.45, 7) is -0.239. The lowest BCUT2D eigenvalue weighted by Crippen LogP contribution is -2.22. The van der Waals surface area contributed by atoms with Gasteiger partial charge in [0.15, 0.2) is 0 Å². The van der Waals surface area contributed by atoms with E-state index in [0.29, 0.717) is 10.7 Å². The average molecular weight is 314 g/mol. The van der Waals surface area contributed by atoms with Gasteiger partial charge in [0, 0.05) is 6.20 Å². The van der Waals surface area contributed by atoms with Crippen LogP contribution >= 0.6 is 23.2 Å². The number of nitrogens with zero attached hydrogens (tertiary/aromatic N) is 2. The summed E-state index contributed by atoms with van der Waals surface area (Å²) in [5.74, 6) is -1.61.